The molecule has 70 valence electrons. The van der Waals surface area contributed by atoms with Gasteiger partial charge in [-0.05, 0) is 6.42 Å². The van der Waals surface area contributed by atoms with Crippen LogP contribution < -0.4 is 0 Å². The first-order valence-corrected chi connectivity index (χ1v) is 4.39. The normalized spacial score (nSPS) is 47.6. The fourth-order valence-corrected chi connectivity index (χ4v) is 1.54. The molecule has 0 atom stereocenters. The molecular formula is C9H16O3. The lowest BCUT2D eigenvalue weighted by Gasteiger charge is -2.50. The maximum atomic E-state index is 7.07. The van der Waals surface area contributed by atoms with Gasteiger partial charge in [-0.2, -0.15) is 0 Å². The van der Waals surface area contributed by atoms with Crippen LogP contribution in [0.15, 0.2) is 0 Å². The fraction of sp³-hybridized carbons (Fsp3) is 1.00. The van der Waals surface area contributed by atoms with E-state index in [9.17, 15) is 0 Å². The number of ether oxygens (including phenoxy) is 3. The van der Waals surface area contributed by atoms with Crippen LogP contribution in [-0.4, -0.2) is 25.8 Å². The Morgan fingerprint density at radius 3 is 2.33 bits per heavy atom. The lowest BCUT2D eigenvalue weighted by atomic mass is 9.91. The van der Waals surface area contributed by atoms with Crippen molar-refractivity contribution in [2.75, 3.05) is 19.8 Å². The smallest absolute Gasteiger partial charge is 0.282 e. The molecule has 0 aromatic rings. The van der Waals surface area contributed by atoms with Gasteiger partial charge in [0.05, 0.1) is 19.8 Å². The van der Waals surface area contributed by atoms with Gasteiger partial charge in [0.2, 0.25) is 0 Å². The van der Waals surface area contributed by atoms with E-state index in [4.69, 9.17) is 15.6 Å². The van der Waals surface area contributed by atoms with Gasteiger partial charge in [-0.3, -0.25) is 0 Å². The van der Waals surface area contributed by atoms with Crippen molar-refractivity contribution < 1.29 is 15.6 Å². The Hall–Kier alpha value is -0.120. The largest absolute Gasteiger partial charge is 0.327 e. The predicted octanol–water partition coefficient (Wildman–Crippen LogP) is 1.52. The molecule has 3 aliphatic heterocycles. The Bertz CT molecular complexity index is 165. The van der Waals surface area contributed by atoms with Crippen LogP contribution in [0.3, 0.4) is 0 Å². The molecule has 3 heteroatoms. The number of hydrogen-bond donors (Lipinski definition) is 0. The van der Waals surface area contributed by atoms with Crippen LogP contribution in [-0.2, 0) is 14.2 Å². The lowest BCUT2D eigenvalue weighted by Crippen LogP contribution is -2.58. The average Bonchev–Trinajstić information content (AvgIpc) is 2.18. The van der Waals surface area contributed by atoms with E-state index in [1.54, 1.807) is 0 Å². The van der Waals surface area contributed by atoms with Crippen LogP contribution in [0.5, 0.6) is 0 Å². The molecule has 3 saturated heterocycles. The minimum Gasteiger partial charge on any atom is -0.327 e. The summed E-state index contributed by atoms with van der Waals surface area (Å²) in [6.07, 6.45) is 1.43. The van der Waals surface area contributed by atoms with Crippen molar-refractivity contribution in [2.24, 2.45) is 5.41 Å². The Morgan fingerprint density at radius 1 is 1.25 bits per heavy atom. The van der Waals surface area contributed by atoms with E-state index in [2.05, 4.69) is 6.92 Å². The highest BCUT2D eigenvalue weighted by atomic mass is 16.9. The predicted molar refractivity (Wildman–Crippen MR) is 43.6 cm³/mol. The van der Waals surface area contributed by atoms with Crippen LogP contribution >= 0.6 is 0 Å². The molecule has 0 spiro atoms. The molecule has 3 rings (SSSR count). The molecular weight excluding hydrogens is 156 g/mol. The van der Waals surface area contributed by atoms with Gasteiger partial charge in [0.15, 0.2) is 0 Å². The van der Waals surface area contributed by atoms with E-state index in [-0.39, 0.29) is 5.41 Å². The SMILES string of the molecule is [2H]CCCC12OCC(C)(CO1)CO2. The summed E-state index contributed by atoms with van der Waals surface area (Å²) < 4.78 is 23.7. The molecule has 0 radical (unpaired) electrons. The number of hydrogen-bond acceptors (Lipinski definition) is 3. The Labute approximate surface area is 74.4 Å². The van der Waals surface area contributed by atoms with Gasteiger partial charge in [0, 0.05) is 13.2 Å². The van der Waals surface area contributed by atoms with Crippen LogP contribution in [0.4, 0.5) is 0 Å². The van der Waals surface area contributed by atoms with Gasteiger partial charge in [-0.25, -0.2) is 0 Å². The molecule has 3 fully saturated rings. The summed E-state index contributed by atoms with van der Waals surface area (Å²) in [5.74, 6) is -0.807. The van der Waals surface area contributed by atoms with Gasteiger partial charge >= 0.3 is 0 Å². The molecule has 12 heavy (non-hydrogen) atoms. The van der Waals surface area contributed by atoms with Crippen molar-refractivity contribution >= 4 is 0 Å². The van der Waals surface area contributed by atoms with E-state index >= 15 is 0 Å². The van der Waals surface area contributed by atoms with Crippen molar-refractivity contribution in [1.29, 1.82) is 0 Å². The summed E-state index contributed by atoms with van der Waals surface area (Å²) >= 11 is 0. The van der Waals surface area contributed by atoms with E-state index in [0.29, 0.717) is 33.1 Å². The third-order valence-corrected chi connectivity index (χ3v) is 2.40. The molecule has 0 amide bonds. The van der Waals surface area contributed by atoms with Crippen LogP contribution in [0.1, 0.15) is 28.0 Å². The van der Waals surface area contributed by atoms with Gasteiger partial charge in [-0.1, -0.05) is 13.8 Å². The minimum atomic E-state index is -0.807. The Balaban J connectivity index is 1.95. The second-order valence-electron chi connectivity index (χ2n) is 3.96. The monoisotopic (exact) mass is 173 g/mol. The standard InChI is InChI=1S/C9H16O3/c1-3-4-9-10-5-8(2,6-11-9)7-12-9/h3-7H2,1-2H3/i1D. The summed E-state index contributed by atoms with van der Waals surface area (Å²) in [5, 5.41) is 0. The topological polar surface area (TPSA) is 27.7 Å². The zero-order chi connectivity index (χ0) is 9.36. The van der Waals surface area contributed by atoms with Crippen molar-refractivity contribution in [1.82, 2.24) is 0 Å². The van der Waals surface area contributed by atoms with Crippen molar-refractivity contribution in [2.45, 2.75) is 32.6 Å². The van der Waals surface area contributed by atoms with Crippen LogP contribution in [0, 0.1) is 5.41 Å². The van der Waals surface area contributed by atoms with Gasteiger partial charge in [0.1, 0.15) is 0 Å². The van der Waals surface area contributed by atoms with E-state index < -0.39 is 5.97 Å². The number of fused-ring (bicyclic) bond motifs is 3. The molecule has 2 bridgehead atoms. The van der Waals surface area contributed by atoms with E-state index in [1.807, 2.05) is 0 Å². The quantitative estimate of drug-likeness (QED) is 0.633. The molecule has 0 aliphatic carbocycles. The second kappa shape index (κ2) is 2.69. The highest BCUT2D eigenvalue weighted by molar-refractivity contribution is 4.84. The summed E-state index contributed by atoms with van der Waals surface area (Å²) in [5.41, 5.74) is 0.0444. The summed E-state index contributed by atoms with van der Waals surface area (Å²) in [4.78, 5) is 0. The zero-order valence-corrected chi connectivity index (χ0v) is 7.47. The maximum Gasteiger partial charge on any atom is 0.282 e. The van der Waals surface area contributed by atoms with Crippen molar-refractivity contribution in [3.8, 4) is 0 Å². The molecule has 0 saturated carbocycles. The minimum absolute atomic E-state index is 0.0444. The lowest BCUT2D eigenvalue weighted by molar-refractivity contribution is -0.467. The van der Waals surface area contributed by atoms with E-state index in [1.165, 1.54) is 0 Å². The van der Waals surface area contributed by atoms with Crippen molar-refractivity contribution in [3.63, 3.8) is 0 Å². The zero-order valence-electron chi connectivity index (χ0n) is 8.47. The van der Waals surface area contributed by atoms with Crippen LogP contribution in [0.2, 0.25) is 0 Å². The van der Waals surface area contributed by atoms with Gasteiger partial charge < -0.3 is 14.2 Å². The summed E-state index contributed by atoms with van der Waals surface area (Å²) in [6, 6.07) is 0. The Morgan fingerprint density at radius 2 is 1.83 bits per heavy atom. The summed E-state index contributed by atoms with van der Waals surface area (Å²) in [7, 11) is 0. The van der Waals surface area contributed by atoms with Crippen molar-refractivity contribution in [3.05, 3.63) is 0 Å². The number of rotatable bonds is 2. The maximum absolute atomic E-state index is 7.07. The first kappa shape index (κ1) is 7.30. The molecule has 0 unspecified atom stereocenters. The third kappa shape index (κ3) is 1.26. The highest BCUT2D eigenvalue weighted by Crippen LogP contribution is 2.39. The van der Waals surface area contributed by atoms with E-state index in [0.717, 1.165) is 6.42 Å². The second-order valence-corrected chi connectivity index (χ2v) is 3.96. The van der Waals surface area contributed by atoms with Gasteiger partial charge in [-0.15, -0.1) is 0 Å². The molecule has 0 N–H and O–H groups in total. The molecule has 3 nitrogen and oxygen atoms in total. The Kier molecular flexibility index (Phi) is 1.63. The van der Waals surface area contributed by atoms with Crippen LogP contribution in [0.25, 0.3) is 0 Å². The fourth-order valence-electron chi connectivity index (χ4n) is 1.54. The van der Waals surface area contributed by atoms with Gasteiger partial charge in [0.25, 0.3) is 5.97 Å². The molecule has 3 heterocycles. The highest BCUT2D eigenvalue weighted by Gasteiger charge is 2.49. The average molecular weight is 173 g/mol. The molecule has 0 aromatic carbocycles. The first-order chi connectivity index (χ1) is 6.18. The summed E-state index contributed by atoms with van der Waals surface area (Å²) in [6.45, 7) is 4.64. The molecule has 3 aliphatic rings. The third-order valence-electron chi connectivity index (χ3n) is 2.40. The molecule has 0 aromatic heterocycles. The first-order valence-electron chi connectivity index (χ1n) is 5.10.